The zero-order valence-electron chi connectivity index (χ0n) is 13.7. The van der Waals surface area contributed by atoms with E-state index in [0.29, 0.717) is 0 Å². The van der Waals surface area contributed by atoms with Crippen LogP contribution in [0.5, 0.6) is 0 Å². The fourth-order valence-corrected chi connectivity index (χ4v) is 3.64. The van der Waals surface area contributed by atoms with Gasteiger partial charge in [0.05, 0.1) is 22.1 Å². The molecule has 1 heterocycles. The van der Waals surface area contributed by atoms with Crippen molar-refractivity contribution >= 4 is 43.6 Å². The lowest BCUT2D eigenvalue weighted by atomic mass is 10.0. The molecule has 2 heteroatoms. The molecule has 4 aromatic carbocycles. The number of nitrogens with zero attached hydrogens (tertiary/aromatic N) is 2. The summed E-state index contributed by atoms with van der Waals surface area (Å²) in [6.45, 7) is 4.23. The zero-order valence-corrected chi connectivity index (χ0v) is 13.7. The molecular weight excluding hydrogens is 292 g/mol. The van der Waals surface area contributed by atoms with E-state index in [1.165, 1.54) is 21.9 Å². The normalized spacial score (nSPS) is 11.8. The third-order valence-electron chi connectivity index (χ3n) is 4.82. The van der Waals surface area contributed by atoms with Gasteiger partial charge in [-0.25, -0.2) is 9.97 Å². The zero-order chi connectivity index (χ0) is 16.3. The van der Waals surface area contributed by atoms with Crippen LogP contribution in [0.15, 0.2) is 60.7 Å². The number of aryl methyl sites for hydroxylation is 2. The maximum absolute atomic E-state index is 5.09. The molecule has 0 aliphatic carbocycles. The SMILES string of the molecule is Cc1cc2ccccc2c2nc3c(nc12)c(C)cc1ccccc13. The highest BCUT2D eigenvalue weighted by molar-refractivity contribution is 6.12. The molecule has 5 aromatic rings. The summed E-state index contributed by atoms with van der Waals surface area (Å²) >= 11 is 0. The number of aromatic nitrogens is 2. The number of hydrogen-bond acceptors (Lipinski definition) is 2. The van der Waals surface area contributed by atoms with Gasteiger partial charge in [-0.1, -0.05) is 48.5 Å². The van der Waals surface area contributed by atoms with Crippen LogP contribution >= 0.6 is 0 Å². The molecule has 0 unspecified atom stereocenters. The van der Waals surface area contributed by atoms with Crippen LogP contribution in [0.25, 0.3) is 43.6 Å². The van der Waals surface area contributed by atoms with Gasteiger partial charge < -0.3 is 0 Å². The molecule has 0 bridgehead atoms. The molecule has 114 valence electrons. The van der Waals surface area contributed by atoms with Gasteiger partial charge in [-0.05, 0) is 47.9 Å². The highest BCUT2D eigenvalue weighted by Crippen LogP contribution is 2.31. The maximum atomic E-state index is 5.09. The van der Waals surface area contributed by atoms with Crippen LogP contribution in [0.4, 0.5) is 0 Å². The minimum Gasteiger partial charge on any atom is -0.244 e. The quantitative estimate of drug-likeness (QED) is 0.270. The maximum Gasteiger partial charge on any atom is 0.0975 e. The Morgan fingerprint density at radius 2 is 0.958 bits per heavy atom. The van der Waals surface area contributed by atoms with E-state index in [1.807, 2.05) is 0 Å². The van der Waals surface area contributed by atoms with Crippen molar-refractivity contribution in [2.24, 2.45) is 0 Å². The van der Waals surface area contributed by atoms with Crippen molar-refractivity contribution in [1.29, 1.82) is 0 Å². The number of rotatable bonds is 0. The molecule has 0 saturated heterocycles. The first-order valence-electron chi connectivity index (χ1n) is 8.20. The summed E-state index contributed by atoms with van der Waals surface area (Å²) in [5.41, 5.74) is 6.33. The summed E-state index contributed by atoms with van der Waals surface area (Å²) in [5, 5.41) is 4.76. The van der Waals surface area contributed by atoms with Gasteiger partial charge in [-0.15, -0.1) is 0 Å². The molecule has 0 radical (unpaired) electrons. The van der Waals surface area contributed by atoms with Gasteiger partial charge in [0.15, 0.2) is 0 Å². The summed E-state index contributed by atoms with van der Waals surface area (Å²) in [5.74, 6) is 0. The first kappa shape index (κ1) is 13.4. The predicted octanol–water partition coefficient (Wildman–Crippen LogP) is 5.71. The van der Waals surface area contributed by atoms with Gasteiger partial charge in [-0.2, -0.15) is 0 Å². The van der Waals surface area contributed by atoms with Crippen LogP contribution in [0.3, 0.4) is 0 Å². The second kappa shape index (κ2) is 4.75. The fourth-order valence-electron chi connectivity index (χ4n) is 3.64. The Morgan fingerprint density at radius 1 is 0.542 bits per heavy atom. The van der Waals surface area contributed by atoms with Crippen molar-refractivity contribution in [1.82, 2.24) is 9.97 Å². The Bertz CT molecular complexity index is 1170. The first-order valence-corrected chi connectivity index (χ1v) is 8.20. The smallest absolute Gasteiger partial charge is 0.0975 e. The van der Waals surface area contributed by atoms with E-state index < -0.39 is 0 Å². The highest BCUT2D eigenvalue weighted by atomic mass is 14.8. The summed E-state index contributed by atoms with van der Waals surface area (Å²) in [6, 6.07) is 21.2. The molecule has 1 aromatic heterocycles. The van der Waals surface area contributed by atoms with Gasteiger partial charge in [0.25, 0.3) is 0 Å². The van der Waals surface area contributed by atoms with Crippen LogP contribution in [0.1, 0.15) is 11.1 Å². The van der Waals surface area contributed by atoms with E-state index in [2.05, 4.69) is 74.5 Å². The van der Waals surface area contributed by atoms with Crippen molar-refractivity contribution < 1.29 is 0 Å². The van der Waals surface area contributed by atoms with Crippen LogP contribution < -0.4 is 0 Å². The molecule has 0 saturated carbocycles. The van der Waals surface area contributed by atoms with Gasteiger partial charge in [0.2, 0.25) is 0 Å². The van der Waals surface area contributed by atoms with Gasteiger partial charge in [0.1, 0.15) is 0 Å². The molecule has 0 fully saturated rings. The summed E-state index contributed by atoms with van der Waals surface area (Å²) in [6.07, 6.45) is 0. The van der Waals surface area contributed by atoms with E-state index in [4.69, 9.17) is 9.97 Å². The van der Waals surface area contributed by atoms with Crippen molar-refractivity contribution in [2.45, 2.75) is 13.8 Å². The van der Waals surface area contributed by atoms with Crippen LogP contribution in [0, 0.1) is 13.8 Å². The van der Waals surface area contributed by atoms with Crippen LogP contribution in [0.2, 0.25) is 0 Å². The molecule has 2 nitrogen and oxygen atoms in total. The Labute approximate surface area is 139 Å². The first-order chi connectivity index (χ1) is 11.7. The third kappa shape index (κ3) is 1.77. The monoisotopic (exact) mass is 308 g/mol. The average Bonchev–Trinajstić information content (AvgIpc) is 2.61. The topological polar surface area (TPSA) is 25.8 Å². The van der Waals surface area contributed by atoms with E-state index in [-0.39, 0.29) is 0 Å². The number of fused-ring (bicyclic) bond motifs is 6. The van der Waals surface area contributed by atoms with Crippen molar-refractivity contribution in [3.05, 3.63) is 71.8 Å². The van der Waals surface area contributed by atoms with Crippen molar-refractivity contribution in [3.8, 4) is 0 Å². The molecule has 24 heavy (non-hydrogen) atoms. The van der Waals surface area contributed by atoms with Crippen molar-refractivity contribution in [3.63, 3.8) is 0 Å². The molecule has 0 aliphatic rings. The average molecular weight is 308 g/mol. The summed E-state index contributed by atoms with van der Waals surface area (Å²) in [4.78, 5) is 10.1. The summed E-state index contributed by atoms with van der Waals surface area (Å²) < 4.78 is 0. The summed E-state index contributed by atoms with van der Waals surface area (Å²) in [7, 11) is 0. The molecular formula is C22H16N2. The molecule has 0 atom stereocenters. The second-order valence-corrected chi connectivity index (χ2v) is 6.45. The van der Waals surface area contributed by atoms with Gasteiger partial charge in [0, 0.05) is 10.8 Å². The minimum absolute atomic E-state index is 0.994. The van der Waals surface area contributed by atoms with E-state index in [9.17, 15) is 0 Å². The predicted molar refractivity (Wildman–Crippen MR) is 102 cm³/mol. The van der Waals surface area contributed by atoms with Gasteiger partial charge >= 0.3 is 0 Å². The molecule has 0 spiro atoms. The lowest BCUT2D eigenvalue weighted by Crippen LogP contribution is -1.94. The van der Waals surface area contributed by atoms with Crippen LogP contribution in [-0.4, -0.2) is 9.97 Å². The molecule has 5 rings (SSSR count). The standard InChI is InChI=1S/C22H16N2/c1-13-11-15-7-3-5-9-17(15)21-19(13)23-20-14(2)12-16-8-4-6-10-18(16)22(20)24-21/h3-12H,1-2H3. The third-order valence-corrected chi connectivity index (χ3v) is 4.82. The largest absolute Gasteiger partial charge is 0.244 e. The van der Waals surface area contributed by atoms with Crippen LogP contribution in [-0.2, 0) is 0 Å². The fraction of sp³-hybridized carbons (Fsp3) is 0.0909. The Balaban J connectivity index is 2.10. The number of benzene rings is 4. The van der Waals surface area contributed by atoms with E-state index in [1.54, 1.807) is 0 Å². The Hall–Kier alpha value is -3.00. The van der Waals surface area contributed by atoms with Crippen molar-refractivity contribution in [2.75, 3.05) is 0 Å². The van der Waals surface area contributed by atoms with E-state index in [0.717, 1.165) is 32.8 Å². The minimum atomic E-state index is 0.994. The molecule has 0 N–H and O–H groups in total. The van der Waals surface area contributed by atoms with E-state index >= 15 is 0 Å². The highest BCUT2D eigenvalue weighted by Gasteiger charge is 2.12. The Morgan fingerprint density at radius 3 is 1.46 bits per heavy atom. The number of hydrogen-bond donors (Lipinski definition) is 0. The molecule has 0 aliphatic heterocycles. The lowest BCUT2D eigenvalue weighted by Gasteiger charge is -2.11. The lowest BCUT2D eigenvalue weighted by molar-refractivity contribution is 1.35. The second-order valence-electron chi connectivity index (χ2n) is 6.45. The molecule has 0 amide bonds. The van der Waals surface area contributed by atoms with Gasteiger partial charge in [-0.3, -0.25) is 0 Å². The Kier molecular flexibility index (Phi) is 2.66.